The topological polar surface area (TPSA) is 13.7 Å². The molecule has 0 fully saturated rings. The highest BCUT2D eigenvalue weighted by Crippen LogP contribution is 2.36. The lowest BCUT2D eigenvalue weighted by atomic mass is 10.00. The number of nitrogens with zero attached hydrogens (tertiary/aromatic N) is 3. The summed E-state index contributed by atoms with van der Waals surface area (Å²) in [6.07, 6.45) is 4.45. The van der Waals surface area contributed by atoms with Gasteiger partial charge in [-0.3, -0.25) is 0 Å². The van der Waals surface area contributed by atoms with Crippen LogP contribution in [0.5, 0.6) is 0 Å². The minimum atomic E-state index is 0.331. The van der Waals surface area contributed by atoms with E-state index in [1.165, 1.54) is 50.1 Å². The Hall–Kier alpha value is -3.33. The fourth-order valence-electron chi connectivity index (χ4n) is 5.10. The Morgan fingerprint density at radius 1 is 0.750 bits per heavy atom. The number of para-hydroxylation sites is 3. The standard InChI is InChI=1S/C29H32N3/c1-19(2)23-14-10-15-25-24-13-7-8-16-26(24)32(28(23)25)29-30(20(3)4)17-18-31(29)27-21(5)11-9-12-22(27)6/h7-20H,1-6H3/q+1. The first-order chi connectivity index (χ1) is 15.4. The fourth-order valence-corrected chi connectivity index (χ4v) is 5.10. The number of benzene rings is 3. The summed E-state index contributed by atoms with van der Waals surface area (Å²) >= 11 is 0. The molecule has 5 aromatic rings. The Balaban J connectivity index is 2.01. The lowest BCUT2D eigenvalue weighted by molar-refractivity contribution is -0.709. The molecular weight excluding hydrogens is 390 g/mol. The fraction of sp³-hybridized carbons (Fsp3) is 0.276. The average Bonchev–Trinajstić information content (AvgIpc) is 3.32. The van der Waals surface area contributed by atoms with Crippen molar-refractivity contribution in [1.29, 1.82) is 0 Å². The monoisotopic (exact) mass is 422 g/mol. The molecule has 3 aromatic carbocycles. The molecule has 0 saturated carbocycles. The SMILES string of the molecule is Cc1cccc(C)c1-n1cc[n+](C(C)C)c1-n1c2ccccc2c2cccc(C(C)C)c21. The van der Waals surface area contributed by atoms with E-state index in [2.05, 4.69) is 128 Å². The third kappa shape index (κ3) is 2.99. The molecule has 3 heteroatoms. The Morgan fingerprint density at radius 2 is 1.41 bits per heavy atom. The van der Waals surface area contributed by atoms with Crippen molar-refractivity contribution in [3.8, 4) is 11.6 Å². The van der Waals surface area contributed by atoms with Crippen LogP contribution in [-0.2, 0) is 0 Å². The van der Waals surface area contributed by atoms with Gasteiger partial charge in [0.15, 0.2) is 0 Å². The molecule has 0 aliphatic heterocycles. The van der Waals surface area contributed by atoms with Crippen LogP contribution >= 0.6 is 0 Å². The predicted octanol–water partition coefficient (Wildman–Crippen LogP) is 7.18. The predicted molar refractivity (Wildman–Crippen MR) is 134 cm³/mol. The molecule has 0 saturated heterocycles. The van der Waals surface area contributed by atoms with Gasteiger partial charge in [-0.15, -0.1) is 0 Å². The second-order valence-corrected chi connectivity index (χ2v) is 9.46. The highest BCUT2D eigenvalue weighted by atomic mass is 15.3. The number of rotatable bonds is 4. The number of aryl methyl sites for hydroxylation is 2. The summed E-state index contributed by atoms with van der Waals surface area (Å²) < 4.78 is 7.27. The molecule has 5 rings (SSSR count). The second-order valence-electron chi connectivity index (χ2n) is 9.46. The molecule has 0 atom stereocenters. The maximum atomic E-state index is 2.49. The van der Waals surface area contributed by atoms with E-state index in [1.807, 2.05) is 0 Å². The summed E-state index contributed by atoms with van der Waals surface area (Å²) in [6.45, 7) is 13.5. The van der Waals surface area contributed by atoms with Gasteiger partial charge in [0.05, 0.1) is 12.2 Å². The van der Waals surface area contributed by atoms with Crippen LogP contribution in [0.3, 0.4) is 0 Å². The summed E-state index contributed by atoms with van der Waals surface area (Å²) in [5, 5.41) is 2.62. The first-order valence-corrected chi connectivity index (χ1v) is 11.6. The highest BCUT2D eigenvalue weighted by molar-refractivity contribution is 6.10. The zero-order valence-electron chi connectivity index (χ0n) is 19.9. The zero-order valence-corrected chi connectivity index (χ0v) is 19.9. The van der Waals surface area contributed by atoms with E-state index in [1.54, 1.807) is 0 Å². The van der Waals surface area contributed by atoms with E-state index in [4.69, 9.17) is 0 Å². The first kappa shape index (κ1) is 20.6. The second kappa shape index (κ2) is 7.67. The number of hydrogen-bond acceptors (Lipinski definition) is 0. The van der Waals surface area contributed by atoms with Gasteiger partial charge >= 0.3 is 5.95 Å². The summed E-state index contributed by atoms with van der Waals surface area (Å²) in [6, 6.07) is 22.5. The number of fused-ring (bicyclic) bond motifs is 3. The Kier molecular flexibility index (Phi) is 4.93. The molecule has 0 aliphatic rings. The van der Waals surface area contributed by atoms with E-state index in [0.717, 1.165) is 0 Å². The molecule has 0 aliphatic carbocycles. The number of imidazole rings is 1. The minimum Gasteiger partial charge on any atom is -0.232 e. The zero-order chi connectivity index (χ0) is 22.6. The van der Waals surface area contributed by atoms with Gasteiger partial charge in [0.25, 0.3) is 0 Å². The van der Waals surface area contributed by atoms with Crippen LogP contribution in [0.2, 0.25) is 0 Å². The van der Waals surface area contributed by atoms with Crippen molar-refractivity contribution < 1.29 is 4.57 Å². The van der Waals surface area contributed by atoms with Crippen LogP contribution < -0.4 is 4.57 Å². The Bertz CT molecular complexity index is 1430. The van der Waals surface area contributed by atoms with Crippen LogP contribution in [0.25, 0.3) is 33.4 Å². The molecular formula is C29H32N3+. The quantitative estimate of drug-likeness (QED) is 0.272. The summed E-state index contributed by atoms with van der Waals surface area (Å²) in [5.41, 5.74) is 7.75. The van der Waals surface area contributed by atoms with Crippen LogP contribution in [0.15, 0.2) is 73.1 Å². The van der Waals surface area contributed by atoms with E-state index >= 15 is 0 Å². The Labute approximate surface area is 190 Å². The normalized spacial score (nSPS) is 12.0. The van der Waals surface area contributed by atoms with Crippen LogP contribution in [0.1, 0.15) is 56.3 Å². The van der Waals surface area contributed by atoms with Crippen molar-refractivity contribution in [2.24, 2.45) is 0 Å². The van der Waals surface area contributed by atoms with Gasteiger partial charge < -0.3 is 0 Å². The van der Waals surface area contributed by atoms with E-state index in [-0.39, 0.29) is 0 Å². The molecule has 0 spiro atoms. The summed E-state index contributed by atoms with van der Waals surface area (Å²) in [4.78, 5) is 0. The maximum Gasteiger partial charge on any atom is 0.375 e. The smallest absolute Gasteiger partial charge is 0.232 e. The van der Waals surface area contributed by atoms with E-state index < -0.39 is 0 Å². The molecule has 0 amide bonds. The third-order valence-electron chi connectivity index (χ3n) is 6.61. The lowest BCUT2D eigenvalue weighted by Crippen LogP contribution is -2.39. The molecule has 3 nitrogen and oxygen atoms in total. The van der Waals surface area contributed by atoms with Crippen molar-refractivity contribution in [3.63, 3.8) is 0 Å². The van der Waals surface area contributed by atoms with Crippen LogP contribution in [0.4, 0.5) is 0 Å². The maximum absolute atomic E-state index is 2.49. The summed E-state index contributed by atoms with van der Waals surface area (Å²) in [5.74, 6) is 1.61. The van der Waals surface area contributed by atoms with Crippen molar-refractivity contribution in [3.05, 3.63) is 89.7 Å². The van der Waals surface area contributed by atoms with Gasteiger partial charge in [-0.25, -0.2) is 9.13 Å². The van der Waals surface area contributed by atoms with Gasteiger partial charge in [0.2, 0.25) is 0 Å². The largest absolute Gasteiger partial charge is 0.375 e. The van der Waals surface area contributed by atoms with E-state index in [9.17, 15) is 0 Å². The molecule has 162 valence electrons. The molecule has 0 unspecified atom stereocenters. The molecule has 2 heterocycles. The van der Waals surface area contributed by atoms with Crippen LogP contribution in [-0.4, -0.2) is 9.13 Å². The minimum absolute atomic E-state index is 0.331. The van der Waals surface area contributed by atoms with Crippen molar-refractivity contribution in [2.45, 2.75) is 53.5 Å². The van der Waals surface area contributed by atoms with Crippen molar-refractivity contribution >= 4 is 21.8 Å². The molecule has 0 radical (unpaired) electrons. The van der Waals surface area contributed by atoms with Gasteiger partial charge in [-0.1, -0.05) is 68.4 Å². The first-order valence-electron chi connectivity index (χ1n) is 11.6. The van der Waals surface area contributed by atoms with Gasteiger partial charge in [0, 0.05) is 10.8 Å². The number of hydrogen-bond donors (Lipinski definition) is 0. The Morgan fingerprint density at radius 3 is 2.09 bits per heavy atom. The molecule has 32 heavy (non-hydrogen) atoms. The van der Waals surface area contributed by atoms with Crippen LogP contribution in [0, 0.1) is 13.8 Å². The molecule has 0 bridgehead atoms. The highest BCUT2D eigenvalue weighted by Gasteiger charge is 2.29. The van der Waals surface area contributed by atoms with Gasteiger partial charge in [-0.05, 0) is 56.4 Å². The van der Waals surface area contributed by atoms with Gasteiger partial charge in [0.1, 0.15) is 22.9 Å². The van der Waals surface area contributed by atoms with E-state index in [0.29, 0.717) is 12.0 Å². The molecule has 2 aromatic heterocycles. The van der Waals surface area contributed by atoms with Crippen molar-refractivity contribution in [1.82, 2.24) is 9.13 Å². The molecule has 0 N–H and O–H groups in total. The lowest BCUT2D eigenvalue weighted by Gasteiger charge is -2.15. The van der Waals surface area contributed by atoms with Gasteiger partial charge in [-0.2, -0.15) is 4.57 Å². The summed E-state index contributed by atoms with van der Waals surface area (Å²) in [7, 11) is 0. The third-order valence-corrected chi connectivity index (χ3v) is 6.61. The number of aromatic nitrogens is 3. The van der Waals surface area contributed by atoms with Crippen molar-refractivity contribution in [2.75, 3.05) is 0 Å². The average molecular weight is 423 g/mol.